The number of pyridine rings is 1. The zero-order valence-electron chi connectivity index (χ0n) is 6.77. The molecule has 60 valence electrons. The van der Waals surface area contributed by atoms with Gasteiger partial charge in [0.25, 0.3) is 11.9 Å². The van der Waals surface area contributed by atoms with E-state index in [0.717, 1.165) is 9.94 Å². The minimum Gasteiger partial charge on any atom is -0.312 e. The smallest absolute Gasteiger partial charge is 0.253 e. The number of aryl methyl sites for hydroxylation is 1. The van der Waals surface area contributed by atoms with E-state index in [1.54, 1.807) is 13.1 Å². The fourth-order valence-electron chi connectivity index (χ4n) is 1.18. The van der Waals surface area contributed by atoms with Crippen molar-refractivity contribution < 1.29 is 4.43 Å². The van der Waals surface area contributed by atoms with Gasteiger partial charge in [0.1, 0.15) is 5.52 Å². The summed E-state index contributed by atoms with van der Waals surface area (Å²) in [5, 5.41) is 0. The molecule has 0 aliphatic carbocycles. The molecular weight excluding hydrogens is 152 g/mol. The fourth-order valence-corrected chi connectivity index (χ4v) is 1.18. The van der Waals surface area contributed by atoms with Gasteiger partial charge in [0.2, 0.25) is 0 Å². The van der Waals surface area contributed by atoms with E-state index in [2.05, 4.69) is 0 Å². The number of aromatic nitrogens is 2. The van der Waals surface area contributed by atoms with E-state index in [1.165, 1.54) is 0 Å². The second kappa shape index (κ2) is 2.44. The molecule has 0 spiro atoms. The normalized spacial score (nSPS) is 10.4. The van der Waals surface area contributed by atoms with Crippen molar-refractivity contribution in [3.05, 3.63) is 47.4 Å². The largest absolute Gasteiger partial charge is 0.312 e. The maximum Gasteiger partial charge on any atom is 0.253 e. The van der Waals surface area contributed by atoms with Gasteiger partial charge in [0.15, 0.2) is 0 Å². The van der Waals surface area contributed by atoms with Gasteiger partial charge in [-0.1, -0.05) is 6.07 Å². The van der Waals surface area contributed by atoms with E-state index in [9.17, 15) is 4.91 Å². The third kappa shape index (κ3) is 0.993. The van der Waals surface area contributed by atoms with Gasteiger partial charge in [-0.15, -0.1) is 0 Å². The Hall–Kier alpha value is -1.64. The van der Waals surface area contributed by atoms with E-state index in [0.29, 0.717) is 5.69 Å². The van der Waals surface area contributed by atoms with Crippen molar-refractivity contribution in [1.82, 2.24) is 4.40 Å². The van der Waals surface area contributed by atoms with Crippen LogP contribution >= 0.6 is 0 Å². The average Bonchev–Trinajstić information content (AvgIpc) is 2.07. The molecule has 0 N–H and O–H groups in total. The SMILES string of the molecule is Cc1cn2ccccc2c[n+]1=O. The van der Waals surface area contributed by atoms with Crippen molar-refractivity contribution in [3.63, 3.8) is 0 Å². The Labute approximate surface area is 69.5 Å². The fraction of sp³-hybridized carbons (Fsp3) is 0.111. The summed E-state index contributed by atoms with van der Waals surface area (Å²) in [6, 6.07) is 5.74. The van der Waals surface area contributed by atoms with E-state index in [-0.39, 0.29) is 0 Å². The third-order valence-corrected chi connectivity index (χ3v) is 1.85. The summed E-state index contributed by atoms with van der Waals surface area (Å²) in [6.07, 6.45) is 5.29. The van der Waals surface area contributed by atoms with Crippen LogP contribution in [0.2, 0.25) is 0 Å². The summed E-state index contributed by atoms with van der Waals surface area (Å²) in [6.45, 7) is 1.78. The summed E-state index contributed by atoms with van der Waals surface area (Å²) < 4.78 is 2.79. The highest BCUT2D eigenvalue weighted by molar-refractivity contribution is 5.41. The number of nitrogens with zero attached hydrogens (tertiary/aromatic N) is 2. The maximum atomic E-state index is 11.1. The second-order valence-corrected chi connectivity index (χ2v) is 2.76. The summed E-state index contributed by atoms with van der Waals surface area (Å²) in [5.74, 6) is 0. The third-order valence-electron chi connectivity index (χ3n) is 1.85. The van der Waals surface area contributed by atoms with E-state index < -0.39 is 0 Å². The van der Waals surface area contributed by atoms with Crippen molar-refractivity contribution in [2.75, 3.05) is 0 Å². The van der Waals surface area contributed by atoms with Crippen molar-refractivity contribution in [2.45, 2.75) is 6.92 Å². The minimum absolute atomic E-state index is 0.693. The van der Waals surface area contributed by atoms with Crippen LogP contribution in [0, 0.1) is 11.8 Å². The van der Waals surface area contributed by atoms with Crippen LogP contribution in [0.3, 0.4) is 0 Å². The molecule has 0 unspecified atom stereocenters. The van der Waals surface area contributed by atoms with Gasteiger partial charge in [0.05, 0.1) is 10.6 Å². The highest BCUT2D eigenvalue weighted by Crippen LogP contribution is 1.99. The van der Waals surface area contributed by atoms with Crippen molar-refractivity contribution in [3.8, 4) is 0 Å². The molecule has 0 radical (unpaired) electrons. The lowest BCUT2D eigenvalue weighted by Gasteiger charge is -1.94. The monoisotopic (exact) mass is 161 g/mol. The number of fused-ring (bicyclic) bond motifs is 1. The Kier molecular flexibility index (Phi) is 1.43. The molecule has 2 aromatic rings. The molecule has 0 aromatic carbocycles. The second-order valence-electron chi connectivity index (χ2n) is 2.76. The molecule has 0 saturated heterocycles. The molecule has 12 heavy (non-hydrogen) atoms. The van der Waals surface area contributed by atoms with Crippen LogP contribution in [0.25, 0.3) is 5.52 Å². The molecule has 0 atom stereocenters. The van der Waals surface area contributed by atoms with Crippen LogP contribution < -0.4 is 4.43 Å². The van der Waals surface area contributed by atoms with Crippen molar-refractivity contribution in [1.29, 1.82) is 0 Å². The standard InChI is InChI=1S/C9H9N2O/c1-8-6-10-5-3-2-4-9(10)7-11(8)12/h2-7H,1H3/q+1. The van der Waals surface area contributed by atoms with Crippen LogP contribution in [0.5, 0.6) is 0 Å². The van der Waals surface area contributed by atoms with Crippen LogP contribution in [0.1, 0.15) is 5.69 Å². The Bertz CT molecular complexity index is 473. The van der Waals surface area contributed by atoms with Crippen LogP contribution in [-0.2, 0) is 0 Å². The topological polar surface area (TPSA) is 27.4 Å². The van der Waals surface area contributed by atoms with E-state index in [4.69, 9.17) is 0 Å². The highest BCUT2D eigenvalue weighted by Gasteiger charge is 2.02. The molecular formula is C9H9N2O+. The first-order chi connectivity index (χ1) is 5.77. The zero-order valence-corrected chi connectivity index (χ0v) is 6.77. The van der Waals surface area contributed by atoms with E-state index in [1.807, 2.05) is 35.0 Å². The summed E-state index contributed by atoms with van der Waals surface area (Å²) >= 11 is 0. The highest BCUT2D eigenvalue weighted by atomic mass is 16.3. The van der Waals surface area contributed by atoms with Crippen molar-refractivity contribution in [2.24, 2.45) is 0 Å². The lowest BCUT2D eigenvalue weighted by Crippen LogP contribution is -2.18. The average molecular weight is 161 g/mol. The van der Waals surface area contributed by atoms with Gasteiger partial charge >= 0.3 is 0 Å². The van der Waals surface area contributed by atoms with Crippen molar-refractivity contribution >= 4 is 5.52 Å². The first-order valence-electron chi connectivity index (χ1n) is 3.77. The molecule has 2 rings (SSSR count). The van der Waals surface area contributed by atoms with Gasteiger partial charge in [-0.25, -0.2) is 0 Å². The van der Waals surface area contributed by atoms with Gasteiger partial charge in [-0.3, -0.25) is 0 Å². The molecule has 0 fully saturated rings. The Morgan fingerprint density at radius 2 is 2.25 bits per heavy atom. The molecule has 0 bridgehead atoms. The summed E-state index contributed by atoms with van der Waals surface area (Å²) in [5.41, 5.74) is 1.59. The van der Waals surface area contributed by atoms with Crippen LogP contribution in [0.15, 0.2) is 36.8 Å². The minimum atomic E-state index is 0.693. The Morgan fingerprint density at radius 1 is 1.42 bits per heavy atom. The predicted octanol–water partition coefficient (Wildman–Crippen LogP) is 1.16. The zero-order chi connectivity index (χ0) is 8.55. The molecule has 0 amide bonds. The quantitative estimate of drug-likeness (QED) is 0.533. The number of rotatable bonds is 0. The molecule has 0 saturated carbocycles. The number of hydrogen-bond acceptors (Lipinski definition) is 1. The van der Waals surface area contributed by atoms with Crippen LogP contribution in [0.4, 0.5) is 0 Å². The Balaban J connectivity index is 2.93. The molecule has 0 aliphatic heterocycles. The number of hydrogen-bond donors (Lipinski definition) is 0. The summed E-state index contributed by atoms with van der Waals surface area (Å²) in [7, 11) is 0. The lowest BCUT2D eigenvalue weighted by molar-refractivity contribution is -0.501. The molecule has 2 heterocycles. The Morgan fingerprint density at radius 3 is 3.08 bits per heavy atom. The van der Waals surface area contributed by atoms with Crippen LogP contribution in [-0.4, -0.2) is 4.40 Å². The van der Waals surface area contributed by atoms with Gasteiger partial charge < -0.3 is 4.40 Å². The molecule has 0 aliphatic rings. The first kappa shape index (κ1) is 7.03. The van der Waals surface area contributed by atoms with E-state index >= 15 is 0 Å². The van der Waals surface area contributed by atoms with Gasteiger partial charge in [-0.05, 0) is 12.1 Å². The predicted molar refractivity (Wildman–Crippen MR) is 45.5 cm³/mol. The summed E-state index contributed by atoms with van der Waals surface area (Å²) in [4.78, 5) is 11.1. The molecule has 3 nitrogen and oxygen atoms in total. The molecule has 2 aromatic heterocycles. The van der Waals surface area contributed by atoms with Gasteiger partial charge in [-0.2, -0.15) is 0 Å². The van der Waals surface area contributed by atoms with Gasteiger partial charge in [0, 0.05) is 18.0 Å². The molecule has 3 heteroatoms. The maximum absolute atomic E-state index is 11.1. The first-order valence-corrected chi connectivity index (χ1v) is 3.77. The lowest BCUT2D eigenvalue weighted by atomic mass is 10.4.